The number of fused-ring (bicyclic) bond motifs is 5. The van der Waals surface area contributed by atoms with Crippen molar-refractivity contribution >= 4 is 29.8 Å². The Labute approximate surface area is 304 Å². The van der Waals surface area contributed by atoms with E-state index in [9.17, 15) is 29.1 Å². The van der Waals surface area contributed by atoms with Crippen LogP contribution in [0.25, 0.3) is 0 Å². The highest BCUT2D eigenvalue weighted by molar-refractivity contribution is 5.80. The first kappa shape index (κ1) is 41.1. The van der Waals surface area contributed by atoms with Gasteiger partial charge in [0.2, 0.25) is 0 Å². The van der Waals surface area contributed by atoms with Crippen molar-refractivity contribution in [3.63, 3.8) is 0 Å². The lowest BCUT2D eigenvalue weighted by atomic mass is 9.43. The number of aliphatic hydroxyl groups is 1. The molecule has 4 aliphatic rings. The molecule has 0 aromatic carbocycles. The predicted molar refractivity (Wildman–Crippen MR) is 188 cm³/mol. The average molecular weight is 721 g/mol. The highest BCUT2D eigenvalue weighted by Gasteiger charge is 2.65. The Morgan fingerprint density at radius 1 is 0.706 bits per heavy atom. The van der Waals surface area contributed by atoms with Gasteiger partial charge in [0.25, 0.3) is 0 Å². The zero-order chi connectivity index (χ0) is 37.9. The fourth-order valence-electron chi connectivity index (χ4n) is 10.4. The summed E-state index contributed by atoms with van der Waals surface area (Å²) in [4.78, 5) is 62.7. The van der Waals surface area contributed by atoms with Gasteiger partial charge in [-0.25, -0.2) is 9.59 Å². The molecule has 0 aromatic heterocycles. The molecule has 0 aliphatic heterocycles. The molecular formula is C40H64O11. The van der Waals surface area contributed by atoms with E-state index in [1.54, 1.807) is 41.5 Å². The SMILES string of the molecule is CC(CCC(=O)OCC(=O)OC(C)(C)C)C1CCC2C3CCC4CC(O)CCC4(C)C3CC(OC(=O)CCC(=O)OCC(=O)OC(C)(C)C)C12C. The van der Waals surface area contributed by atoms with Crippen molar-refractivity contribution in [3.8, 4) is 0 Å². The van der Waals surface area contributed by atoms with Gasteiger partial charge in [-0.15, -0.1) is 0 Å². The molecule has 51 heavy (non-hydrogen) atoms. The maximum Gasteiger partial charge on any atom is 0.344 e. The van der Waals surface area contributed by atoms with Crippen LogP contribution < -0.4 is 0 Å². The number of carbonyl (C=O) groups is 5. The van der Waals surface area contributed by atoms with Gasteiger partial charge in [-0.1, -0.05) is 20.8 Å². The fourth-order valence-corrected chi connectivity index (χ4v) is 10.4. The summed E-state index contributed by atoms with van der Waals surface area (Å²) in [6.07, 6.45) is 7.23. The van der Waals surface area contributed by atoms with Gasteiger partial charge in [0.05, 0.1) is 18.9 Å². The van der Waals surface area contributed by atoms with Crippen molar-refractivity contribution in [2.24, 2.45) is 46.3 Å². The summed E-state index contributed by atoms with van der Waals surface area (Å²) in [5.74, 6) is -0.865. The second-order valence-electron chi connectivity index (χ2n) is 18.4. The van der Waals surface area contributed by atoms with Gasteiger partial charge in [0.1, 0.15) is 17.3 Å². The van der Waals surface area contributed by atoms with Crippen LogP contribution in [0.4, 0.5) is 0 Å². The van der Waals surface area contributed by atoms with Crippen LogP contribution in [0, 0.1) is 46.3 Å². The average Bonchev–Trinajstić information content (AvgIpc) is 3.38. The van der Waals surface area contributed by atoms with Gasteiger partial charge in [-0.05, 0) is 140 Å². The number of hydrogen-bond donors (Lipinski definition) is 1. The summed E-state index contributed by atoms with van der Waals surface area (Å²) in [7, 11) is 0. The quantitative estimate of drug-likeness (QED) is 0.174. The van der Waals surface area contributed by atoms with Crippen molar-refractivity contribution < 1.29 is 52.8 Å². The number of hydrogen-bond acceptors (Lipinski definition) is 11. The summed E-state index contributed by atoms with van der Waals surface area (Å²) in [6.45, 7) is 16.4. The minimum absolute atomic E-state index is 0.0567. The fraction of sp³-hybridized carbons (Fsp3) is 0.875. The van der Waals surface area contributed by atoms with E-state index in [4.69, 9.17) is 23.7 Å². The lowest BCUT2D eigenvalue weighted by Gasteiger charge is -2.62. The summed E-state index contributed by atoms with van der Waals surface area (Å²) < 4.78 is 27.2. The van der Waals surface area contributed by atoms with Gasteiger partial charge >= 0.3 is 29.8 Å². The minimum Gasteiger partial charge on any atom is -0.462 e. The molecule has 4 rings (SSSR count). The zero-order valence-electron chi connectivity index (χ0n) is 32.5. The standard InChI is InChI=1S/C40H64O11/c1-24(10-15-32(42)47-22-35(45)50-37(2,3)4)28-13-14-29-27-12-11-25-20-26(41)18-19-39(25,8)30(27)21-31(40(28,29)9)49-34(44)17-16-33(43)48-23-36(46)51-38(5,6)7/h24-31,41H,10-23H2,1-9H3. The van der Waals surface area contributed by atoms with Crippen molar-refractivity contribution in [2.75, 3.05) is 13.2 Å². The molecule has 11 nitrogen and oxygen atoms in total. The van der Waals surface area contributed by atoms with E-state index in [2.05, 4.69) is 20.8 Å². The van der Waals surface area contributed by atoms with E-state index < -0.39 is 54.3 Å². The molecule has 290 valence electrons. The number of esters is 5. The van der Waals surface area contributed by atoms with E-state index in [-0.39, 0.29) is 54.1 Å². The van der Waals surface area contributed by atoms with E-state index in [1.807, 2.05) is 0 Å². The Balaban J connectivity index is 1.45. The number of carbonyl (C=O) groups excluding carboxylic acids is 5. The van der Waals surface area contributed by atoms with Gasteiger partial charge < -0.3 is 28.8 Å². The Morgan fingerprint density at radius 2 is 1.27 bits per heavy atom. The summed E-state index contributed by atoms with van der Waals surface area (Å²) in [6, 6.07) is 0. The topological polar surface area (TPSA) is 152 Å². The van der Waals surface area contributed by atoms with Crippen molar-refractivity contribution in [3.05, 3.63) is 0 Å². The molecule has 10 atom stereocenters. The monoisotopic (exact) mass is 720 g/mol. The first-order valence-electron chi connectivity index (χ1n) is 19.2. The molecule has 0 amide bonds. The molecule has 11 heteroatoms. The maximum absolute atomic E-state index is 13.5. The highest BCUT2D eigenvalue weighted by Crippen LogP contribution is 2.69. The molecule has 10 unspecified atom stereocenters. The van der Waals surface area contributed by atoms with Crippen LogP contribution in [0.1, 0.15) is 139 Å². The van der Waals surface area contributed by atoms with Gasteiger partial charge in [-0.3, -0.25) is 14.4 Å². The first-order chi connectivity index (χ1) is 23.6. The lowest BCUT2D eigenvalue weighted by molar-refractivity contribution is -0.198. The third kappa shape index (κ3) is 10.3. The smallest absolute Gasteiger partial charge is 0.344 e. The van der Waals surface area contributed by atoms with Crippen molar-refractivity contribution in [1.29, 1.82) is 0 Å². The molecule has 4 aliphatic carbocycles. The highest BCUT2D eigenvalue weighted by atomic mass is 16.6. The molecule has 0 aromatic rings. The Kier molecular flexibility index (Phi) is 13.0. The molecular weight excluding hydrogens is 656 g/mol. The maximum atomic E-state index is 13.5. The zero-order valence-corrected chi connectivity index (χ0v) is 32.5. The van der Waals surface area contributed by atoms with Crippen LogP contribution in [0.15, 0.2) is 0 Å². The van der Waals surface area contributed by atoms with Crippen LogP contribution in [-0.2, 0) is 47.7 Å². The van der Waals surface area contributed by atoms with Gasteiger partial charge in [0, 0.05) is 11.8 Å². The van der Waals surface area contributed by atoms with E-state index >= 15 is 0 Å². The number of rotatable bonds is 12. The first-order valence-corrected chi connectivity index (χ1v) is 19.2. The van der Waals surface area contributed by atoms with Crippen LogP contribution in [0.3, 0.4) is 0 Å². The second kappa shape index (κ2) is 16.1. The number of aliphatic hydroxyl groups excluding tert-OH is 1. The number of ether oxygens (including phenoxy) is 5. The van der Waals surface area contributed by atoms with Crippen LogP contribution in [0.5, 0.6) is 0 Å². The molecule has 0 heterocycles. The molecule has 0 saturated heterocycles. The normalized spacial score (nSPS) is 33.8. The third-order valence-corrected chi connectivity index (χ3v) is 12.6. The molecule has 4 saturated carbocycles. The Morgan fingerprint density at radius 3 is 1.86 bits per heavy atom. The molecule has 0 spiro atoms. The van der Waals surface area contributed by atoms with Crippen LogP contribution in [-0.4, -0.2) is 71.6 Å². The van der Waals surface area contributed by atoms with Gasteiger partial charge in [0.15, 0.2) is 13.2 Å². The molecule has 0 bridgehead atoms. The van der Waals surface area contributed by atoms with Gasteiger partial charge in [-0.2, -0.15) is 0 Å². The largest absolute Gasteiger partial charge is 0.462 e. The van der Waals surface area contributed by atoms with E-state index in [0.29, 0.717) is 30.1 Å². The lowest BCUT2D eigenvalue weighted by Crippen LogP contribution is -2.59. The van der Waals surface area contributed by atoms with Crippen LogP contribution >= 0.6 is 0 Å². The van der Waals surface area contributed by atoms with Crippen molar-refractivity contribution in [2.45, 2.75) is 163 Å². The summed E-state index contributed by atoms with van der Waals surface area (Å²) >= 11 is 0. The molecule has 1 N–H and O–H groups in total. The summed E-state index contributed by atoms with van der Waals surface area (Å²) in [5, 5.41) is 10.5. The third-order valence-electron chi connectivity index (χ3n) is 12.6. The van der Waals surface area contributed by atoms with Crippen LogP contribution in [0.2, 0.25) is 0 Å². The Bertz CT molecular complexity index is 1280. The summed E-state index contributed by atoms with van der Waals surface area (Å²) in [5.41, 5.74) is -1.63. The van der Waals surface area contributed by atoms with E-state index in [0.717, 1.165) is 51.4 Å². The molecule has 4 fully saturated rings. The van der Waals surface area contributed by atoms with E-state index in [1.165, 1.54) is 0 Å². The molecule has 0 radical (unpaired) electrons. The predicted octanol–water partition coefficient (Wildman–Crippen LogP) is 6.49. The van der Waals surface area contributed by atoms with Crippen molar-refractivity contribution in [1.82, 2.24) is 0 Å². The second-order valence-corrected chi connectivity index (χ2v) is 18.4. The minimum atomic E-state index is -0.701. The Hall–Kier alpha value is -2.69.